The Kier molecular flexibility index (Phi) is 4.62. The van der Waals surface area contributed by atoms with Crippen molar-refractivity contribution in [2.75, 3.05) is 13.2 Å². The van der Waals surface area contributed by atoms with Crippen molar-refractivity contribution in [3.8, 4) is 0 Å². The smallest absolute Gasteiger partial charge is 0.241 e. The first-order valence-corrected chi connectivity index (χ1v) is 7.26. The number of hydrogen-bond acceptors (Lipinski definition) is 3. The van der Waals surface area contributed by atoms with Crippen LogP contribution in [0.3, 0.4) is 0 Å². The van der Waals surface area contributed by atoms with Crippen LogP contribution in [0.4, 0.5) is 0 Å². The molecule has 4 heteroatoms. The van der Waals surface area contributed by atoms with Gasteiger partial charge in [0.2, 0.25) is 5.91 Å². The first kappa shape index (κ1) is 13.8. The number of rotatable bonds is 4. The van der Waals surface area contributed by atoms with E-state index >= 15 is 0 Å². The first-order chi connectivity index (χ1) is 8.58. The number of nitrogens with zero attached hydrogens (tertiary/aromatic N) is 1. The normalized spacial score (nSPS) is 33.4. The summed E-state index contributed by atoms with van der Waals surface area (Å²) < 4.78 is 5.73. The summed E-state index contributed by atoms with van der Waals surface area (Å²) in [6.07, 6.45) is 4.78. The molecule has 0 bridgehead atoms. The van der Waals surface area contributed by atoms with Gasteiger partial charge in [0, 0.05) is 13.2 Å². The van der Waals surface area contributed by atoms with Crippen molar-refractivity contribution in [3.05, 3.63) is 0 Å². The summed E-state index contributed by atoms with van der Waals surface area (Å²) in [5.74, 6) is 0.801. The third-order valence-electron chi connectivity index (χ3n) is 3.87. The lowest BCUT2D eigenvalue weighted by molar-refractivity contribution is -0.132. The molecule has 3 unspecified atom stereocenters. The van der Waals surface area contributed by atoms with Gasteiger partial charge in [-0.2, -0.15) is 0 Å². The summed E-state index contributed by atoms with van der Waals surface area (Å²) >= 11 is 0. The van der Waals surface area contributed by atoms with Gasteiger partial charge in [0.1, 0.15) is 0 Å². The zero-order valence-corrected chi connectivity index (χ0v) is 11.8. The number of ether oxygens (including phenoxy) is 1. The van der Waals surface area contributed by atoms with Crippen molar-refractivity contribution >= 4 is 5.91 Å². The van der Waals surface area contributed by atoms with E-state index in [1.54, 1.807) is 0 Å². The summed E-state index contributed by atoms with van der Waals surface area (Å²) in [7, 11) is 0. The minimum absolute atomic E-state index is 0.00332. The molecule has 2 heterocycles. The van der Waals surface area contributed by atoms with E-state index in [-0.39, 0.29) is 24.2 Å². The van der Waals surface area contributed by atoms with Crippen LogP contribution in [0.15, 0.2) is 0 Å². The number of carbonyl (C=O) groups is 1. The highest BCUT2D eigenvalue weighted by molar-refractivity contribution is 5.84. The maximum absolute atomic E-state index is 12.3. The molecule has 18 heavy (non-hydrogen) atoms. The minimum atomic E-state index is 0.00332. The van der Waals surface area contributed by atoms with E-state index in [1.807, 2.05) is 4.90 Å². The molecule has 0 saturated carbocycles. The molecule has 2 saturated heterocycles. The van der Waals surface area contributed by atoms with Crippen molar-refractivity contribution in [3.63, 3.8) is 0 Å². The van der Waals surface area contributed by atoms with Gasteiger partial charge in [-0.3, -0.25) is 10.1 Å². The van der Waals surface area contributed by atoms with Gasteiger partial charge < -0.3 is 9.64 Å². The summed E-state index contributed by atoms with van der Waals surface area (Å²) in [5, 5.41) is 3.40. The third-order valence-corrected chi connectivity index (χ3v) is 3.87. The molecule has 2 rings (SSSR count). The molecular weight excluding hydrogens is 228 g/mol. The van der Waals surface area contributed by atoms with E-state index in [1.165, 1.54) is 6.42 Å². The van der Waals surface area contributed by atoms with E-state index in [2.05, 4.69) is 26.1 Å². The van der Waals surface area contributed by atoms with Gasteiger partial charge in [0.25, 0.3) is 0 Å². The predicted octanol–water partition coefficient (Wildman–Crippen LogP) is 1.75. The fraction of sp³-hybridized carbons (Fsp3) is 0.929. The lowest BCUT2D eigenvalue weighted by Gasteiger charge is -2.29. The Balaban J connectivity index is 1.89. The summed E-state index contributed by atoms with van der Waals surface area (Å²) in [5.41, 5.74) is 0. The van der Waals surface area contributed by atoms with Gasteiger partial charge in [0.05, 0.1) is 18.3 Å². The second-order valence-electron chi connectivity index (χ2n) is 6.00. The summed E-state index contributed by atoms with van der Waals surface area (Å²) in [4.78, 5) is 14.3. The maximum atomic E-state index is 12.3. The lowest BCUT2D eigenvalue weighted by Crippen LogP contribution is -2.42. The SMILES string of the molecule is CC(C)CC1NC(C)N(CC2CCCCO2)C1=O. The van der Waals surface area contributed by atoms with Crippen LogP contribution < -0.4 is 5.32 Å². The maximum Gasteiger partial charge on any atom is 0.241 e. The Morgan fingerprint density at radius 2 is 2.22 bits per heavy atom. The molecule has 0 aromatic heterocycles. The zero-order chi connectivity index (χ0) is 13.1. The average molecular weight is 254 g/mol. The Labute approximate surface area is 110 Å². The number of amides is 1. The summed E-state index contributed by atoms with van der Waals surface area (Å²) in [6.45, 7) is 7.99. The number of carbonyl (C=O) groups excluding carboxylic acids is 1. The monoisotopic (exact) mass is 254 g/mol. The van der Waals surface area contributed by atoms with Crippen molar-refractivity contribution in [2.24, 2.45) is 5.92 Å². The van der Waals surface area contributed by atoms with Crippen LogP contribution in [-0.2, 0) is 9.53 Å². The highest BCUT2D eigenvalue weighted by atomic mass is 16.5. The Hall–Kier alpha value is -0.610. The van der Waals surface area contributed by atoms with Crippen LogP contribution in [0.5, 0.6) is 0 Å². The van der Waals surface area contributed by atoms with Gasteiger partial charge in [-0.1, -0.05) is 13.8 Å². The van der Waals surface area contributed by atoms with Gasteiger partial charge in [-0.15, -0.1) is 0 Å². The van der Waals surface area contributed by atoms with Crippen molar-refractivity contribution < 1.29 is 9.53 Å². The molecule has 0 aliphatic carbocycles. The van der Waals surface area contributed by atoms with E-state index < -0.39 is 0 Å². The van der Waals surface area contributed by atoms with E-state index in [4.69, 9.17) is 4.74 Å². The summed E-state index contributed by atoms with van der Waals surface area (Å²) in [6, 6.07) is 0.00332. The first-order valence-electron chi connectivity index (χ1n) is 7.26. The fourth-order valence-electron chi connectivity index (χ4n) is 2.90. The average Bonchev–Trinajstić information content (AvgIpc) is 2.58. The molecule has 1 amide bonds. The highest BCUT2D eigenvalue weighted by Gasteiger charge is 2.37. The Morgan fingerprint density at radius 1 is 1.44 bits per heavy atom. The molecule has 1 N–H and O–H groups in total. The van der Waals surface area contributed by atoms with Gasteiger partial charge in [-0.25, -0.2) is 0 Å². The molecule has 0 radical (unpaired) electrons. The van der Waals surface area contributed by atoms with Crippen LogP contribution in [0, 0.1) is 5.92 Å². The minimum Gasteiger partial charge on any atom is -0.376 e. The Morgan fingerprint density at radius 3 is 2.83 bits per heavy atom. The Bertz CT molecular complexity index is 288. The van der Waals surface area contributed by atoms with Crippen LogP contribution >= 0.6 is 0 Å². The standard InChI is InChI=1S/C14H26N2O2/c1-10(2)8-13-14(17)16(11(3)15-13)9-12-6-4-5-7-18-12/h10-13,15H,4-9H2,1-3H3. The van der Waals surface area contributed by atoms with Crippen molar-refractivity contribution in [2.45, 2.75) is 64.8 Å². The molecule has 104 valence electrons. The molecule has 0 spiro atoms. The molecule has 4 nitrogen and oxygen atoms in total. The van der Waals surface area contributed by atoms with E-state index in [9.17, 15) is 4.79 Å². The van der Waals surface area contributed by atoms with Crippen LogP contribution in [0.2, 0.25) is 0 Å². The largest absolute Gasteiger partial charge is 0.376 e. The lowest BCUT2D eigenvalue weighted by atomic mass is 10.0. The highest BCUT2D eigenvalue weighted by Crippen LogP contribution is 2.20. The van der Waals surface area contributed by atoms with E-state index in [0.717, 1.165) is 32.4 Å². The second kappa shape index (κ2) is 6.02. The van der Waals surface area contributed by atoms with Crippen LogP contribution in [-0.4, -0.2) is 42.3 Å². The van der Waals surface area contributed by atoms with Crippen molar-refractivity contribution in [1.29, 1.82) is 0 Å². The van der Waals surface area contributed by atoms with Crippen molar-refractivity contribution in [1.82, 2.24) is 10.2 Å². The van der Waals surface area contributed by atoms with Gasteiger partial charge in [0.15, 0.2) is 0 Å². The molecule has 2 fully saturated rings. The quantitative estimate of drug-likeness (QED) is 0.831. The third kappa shape index (κ3) is 3.23. The van der Waals surface area contributed by atoms with Crippen LogP contribution in [0.25, 0.3) is 0 Å². The topological polar surface area (TPSA) is 41.6 Å². The molecule has 3 atom stereocenters. The number of hydrogen-bond donors (Lipinski definition) is 1. The molecule has 0 aromatic rings. The van der Waals surface area contributed by atoms with Gasteiger partial charge >= 0.3 is 0 Å². The second-order valence-corrected chi connectivity index (χ2v) is 6.00. The number of nitrogens with one attached hydrogen (secondary N) is 1. The molecular formula is C14H26N2O2. The zero-order valence-electron chi connectivity index (χ0n) is 11.8. The molecule has 2 aliphatic heterocycles. The van der Waals surface area contributed by atoms with Crippen LogP contribution in [0.1, 0.15) is 46.5 Å². The molecule has 0 aromatic carbocycles. The fourth-order valence-corrected chi connectivity index (χ4v) is 2.90. The predicted molar refractivity (Wildman–Crippen MR) is 71.1 cm³/mol. The molecule has 2 aliphatic rings. The van der Waals surface area contributed by atoms with E-state index in [0.29, 0.717) is 5.92 Å². The van der Waals surface area contributed by atoms with Gasteiger partial charge in [-0.05, 0) is 38.5 Å².